The maximum Gasteiger partial charge on any atom is 0.0542 e. The zero-order chi connectivity index (χ0) is 83.6. The highest BCUT2D eigenvalue weighted by Crippen LogP contribution is 2.47. The molecule has 0 aliphatic carbocycles. The van der Waals surface area contributed by atoms with E-state index >= 15 is 0 Å². The average Bonchev–Trinajstić information content (AvgIpc) is 1.63. The number of hydrogen-bond acceptors (Lipinski definition) is 3. The third-order valence-electron chi connectivity index (χ3n) is 24.4. The van der Waals surface area contributed by atoms with Crippen LogP contribution in [0.5, 0.6) is 0 Å². The van der Waals surface area contributed by atoms with Crippen molar-refractivity contribution < 1.29 is 0 Å². The highest BCUT2D eigenvalue weighted by Gasteiger charge is 2.24. The molecule has 0 aliphatic rings. The second kappa shape index (κ2) is 33.3. The zero-order valence-corrected chi connectivity index (χ0v) is 69.2. The molecule has 0 amide bonds. The zero-order valence-electron chi connectivity index (χ0n) is 69.2. The monoisotopic (exact) mass is 1610 g/mol. The van der Waals surface area contributed by atoms with Gasteiger partial charge in [-0.3, -0.25) is 0 Å². The van der Waals surface area contributed by atoms with Crippen molar-refractivity contribution in [2.75, 3.05) is 14.7 Å². The van der Waals surface area contributed by atoms with E-state index in [0.29, 0.717) is 0 Å². The first-order valence-corrected chi connectivity index (χ1v) is 43.1. The quantitative estimate of drug-likeness (QED) is 0.0956. The molecule has 0 saturated carbocycles. The number of aromatic nitrogens is 3. The molecular weight excluding hydrogens is 1530 g/mol. The van der Waals surface area contributed by atoms with Gasteiger partial charge in [0.2, 0.25) is 0 Å². The first kappa shape index (κ1) is 75.4. The van der Waals surface area contributed by atoms with Crippen LogP contribution in [-0.2, 0) is 0 Å². The maximum absolute atomic E-state index is 2.38. The van der Waals surface area contributed by atoms with Gasteiger partial charge in [-0.1, -0.05) is 322 Å². The van der Waals surface area contributed by atoms with E-state index in [-0.39, 0.29) is 0 Å². The predicted octanol–water partition coefficient (Wildman–Crippen LogP) is 33.2. The first-order chi connectivity index (χ1) is 62.5. The number of benzene rings is 21. The van der Waals surface area contributed by atoms with Gasteiger partial charge in [0.05, 0.1) is 33.1 Å². The SMILES string of the molecule is c1ccc(-c2cccc(N(c3ccccc3)c3ccc4c(c3)c3ccccc3n4-c3ccccc3)c2)cc1.c1ccc(N(c2cccc(-c3cc4ccccc4c4ccccc34)c2)c2ccc3c(c2)c2ccccc2n3-c2ccccc2)cc1.c1ccc(N(c2cccc(-c3cccc4ccccc34)c2)c2ccc3c(c2)c2ccccc2n3-c2ccccc2)cc1. The molecule has 0 fully saturated rings. The van der Waals surface area contributed by atoms with Crippen molar-refractivity contribution in [3.63, 3.8) is 0 Å². The van der Waals surface area contributed by atoms with Crippen LogP contribution >= 0.6 is 0 Å². The minimum absolute atomic E-state index is 1.12. The second-order valence-corrected chi connectivity index (χ2v) is 31.9. The summed E-state index contributed by atoms with van der Waals surface area (Å²) in [7, 11) is 0. The van der Waals surface area contributed by atoms with Gasteiger partial charge in [-0.25, -0.2) is 0 Å². The van der Waals surface area contributed by atoms with E-state index in [2.05, 4.69) is 538 Å². The third-order valence-corrected chi connectivity index (χ3v) is 24.4. The van der Waals surface area contributed by atoms with Crippen LogP contribution in [0.25, 0.3) is 148 Å². The molecule has 126 heavy (non-hydrogen) atoms. The Morgan fingerprint density at radius 1 is 0.127 bits per heavy atom. The molecule has 6 nitrogen and oxygen atoms in total. The standard InChI is InChI=1S/C44H30N2.C40H28N2.C36H26N2/c1-3-16-33(17-4-1)45(36-26-27-44-42(30-36)40-24-11-12-25-43(40)46(44)34-18-5-2-6-19-34)35-20-13-15-31(28-35)41-29-32-14-7-8-21-37(32)38-22-9-10-23-39(38)41;1-3-16-31(17-4-1)41(33-20-11-15-30(27-33)36-23-12-14-29-13-7-8-21-35(29)36)34-25-26-40-38(28-34)37-22-9-10-24-39(37)42(40)32-18-5-2-6-19-32;1-4-13-27(14-5-1)28-15-12-20-31(25-28)37(29-16-6-2-7-17-29)32-23-24-36-34(26-32)33-21-10-11-22-35(33)38(36)30-18-8-3-9-19-30/h1-30H;1-28H;1-26H. The fourth-order valence-electron chi connectivity index (χ4n) is 18.8. The van der Waals surface area contributed by atoms with E-state index < -0.39 is 0 Å². The lowest BCUT2D eigenvalue weighted by Crippen LogP contribution is -2.10. The Kier molecular flexibility index (Phi) is 19.9. The normalized spacial score (nSPS) is 11.3. The van der Waals surface area contributed by atoms with Crippen LogP contribution in [0.2, 0.25) is 0 Å². The Hall–Kier alpha value is -16.8. The Bertz CT molecular complexity index is 8080. The van der Waals surface area contributed by atoms with Gasteiger partial charge >= 0.3 is 0 Å². The molecule has 0 unspecified atom stereocenters. The third kappa shape index (κ3) is 14.2. The minimum atomic E-state index is 1.12. The topological polar surface area (TPSA) is 24.5 Å². The summed E-state index contributed by atoms with van der Waals surface area (Å²) in [5.41, 5.74) is 28.1. The van der Waals surface area contributed by atoms with Gasteiger partial charge < -0.3 is 28.4 Å². The summed E-state index contributed by atoms with van der Waals surface area (Å²) in [4.78, 5) is 7.09. The van der Waals surface area contributed by atoms with Gasteiger partial charge in [0.25, 0.3) is 0 Å². The van der Waals surface area contributed by atoms with Crippen LogP contribution in [-0.4, -0.2) is 13.7 Å². The molecule has 3 aromatic heterocycles. The smallest absolute Gasteiger partial charge is 0.0542 e. The van der Waals surface area contributed by atoms with Gasteiger partial charge in [0.15, 0.2) is 0 Å². The Morgan fingerprint density at radius 3 is 0.817 bits per heavy atom. The van der Waals surface area contributed by atoms with Crippen molar-refractivity contribution >= 4 is 149 Å². The van der Waals surface area contributed by atoms with Crippen LogP contribution < -0.4 is 14.7 Å². The highest BCUT2D eigenvalue weighted by molar-refractivity contribution is 6.16. The molecule has 0 N–H and O–H groups in total. The van der Waals surface area contributed by atoms with E-state index in [1.807, 2.05) is 0 Å². The summed E-state index contributed by atoms with van der Waals surface area (Å²) >= 11 is 0. The van der Waals surface area contributed by atoms with Gasteiger partial charge in [-0.15, -0.1) is 0 Å². The maximum atomic E-state index is 2.38. The highest BCUT2D eigenvalue weighted by atomic mass is 15.2. The lowest BCUT2D eigenvalue weighted by atomic mass is 9.93. The lowest BCUT2D eigenvalue weighted by Gasteiger charge is -2.26. The molecule has 594 valence electrons. The Labute approximate surface area is 732 Å². The number of anilines is 9. The molecule has 0 aliphatic heterocycles. The predicted molar refractivity (Wildman–Crippen MR) is 535 cm³/mol. The molecule has 0 saturated heterocycles. The fourth-order valence-corrected chi connectivity index (χ4v) is 18.8. The molecule has 21 aromatic carbocycles. The molecule has 0 bridgehead atoms. The largest absolute Gasteiger partial charge is 0.310 e. The van der Waals surface area contributed by atoms with Crippen LogP contribution in [0.4, 0.5) is 51.2 Å². The molecule has 0 radical (unpaired) electrons. The molecule has 24 aromatic rings. The van der Waals surface area contributed by atoms with Gasteiger partial charge in [-0.05, 0) is 254 Å². The molecule has 24 rings (SSSR count). The van der Waals surface area contributed by atoms with Crippen molar-refractivity contribution in [3.8, 4) is 50.4 Å². The molecule has 3 heterocycles. The summed E-state index contributed by atoms with van der Waals surface area (Å²) in [6, 6.07) is 183. The van der Waals surface area contributed by atoms with Gasteiger partial charge in [0.1, 0.15) is 0 Å². The van der Waals surface area contributed by atoms with E-state index in [1.54, 1.807) is 0 Å². The van der Waals surface area contributed by atoms with E-state index in [9.17, 15) is 0 Å². The fraction of sp³-hybridized carbons (Fsp3) is 0. The van der Waals surface area contributed by atoms with E-state index in [4.69, 9.17) is 0 Å². The number of para-hydroxylation sites is 9. The van der Waals surface area contributed by atoms with Crippen LogP contribution in [0.3, 0.4) is 0 Å². The van der Waals surface area contributed by atoms with Crippen molar-refractivity contribution in [1.82, 2.24) is 13.7 Å². The summed E-state index contributed by atoms with van der Waals surface area (Å²) in [5, 5.41) is 15.0. The van der Waals surface area contributed by atoms with Crippen molar-refractivity contribution in [1.29, 1.82) is 0 Å². The second-order valence-electron chi connectivity index (χ2n) is 31.9. The van der Waals surface area contributed by atoms with Crippen LogP contribution in [0.15, 0.2) is 510 Å². The summed E-state index contributed by atoms with van der Waals surface area (Å²) in [5.74, 6) is 0. The van der Waals surface area contributed by atoms with Crippen LogP contribution in [0.1, 0.15) is 0 Å². The summed E-state index contributed by atoms with van der Waals surface area (Å²) in [6.07, 6.45) is 0. The Morgan fingerprint density at radius 2 is 0.397 bits per heavy atom. The summed E-state index contributed by atoms with van der Waals surface area (Å²) < 4.78 is 7.09. The van der Waals surface area contributed by atoms with E-state index in [0.717, 1.165) is 56.9 Å². The molecule has 6 heteroatoms. The van der Waals surface area contributed by atoms with Crippen molar-refractivity contribution in [3.05, 3.63) is 510 Å². The Balaban J connectivity index is 0.000000112. The molecule has 0 atom stereocenters. The lowest BCUT2D eigenvalue weighted by molar-refractivity contribution is 1.18. The molecular formula is C120H84N6. The van der Waals surface area contributed by atoms with E-state index in [1.165, 1.54) is 142 Å². The summed E-state index contributed by atoms with van der Waals surface area (Å²) in [6.45, 7) is 0. The number of hydrogen-bond donors (Lipinski definition) is 0. The number of nitrogens with zero attached hydrogens (tertiary/aromatic N) is 6. The first-order valence-electron chi connectivity index (χ1n) is 43.1. The molecule has 0 spiro atoms. The van der Waals surface area contributed by atoms with Gasteiger partial charge in [-0.2, -0.15) is 0 Å². The number of rotatable bonds is 15. The number of fused-ring (bicyclic) bond motifs is 13. The average molecular weight is 1610 g/mol. The van der Waals surface area contributed by atoms with Crippen molar-refractivity contribution in [2.24, 2.45) is 0 Å². The minimum Gasteiger partial charge on any atom is -0.310 e. The van der Waals surface area contributed by atoms with Crippen LogP contribution in [0, 0.1) is 0 Å². The van der Waals surface area contributed by atoms with Crippen molar-refractivity contribution in [2.45, 2.75) is 0 Å². The van der Waals surface area contributed by atoms with Gasteiger partial charge in [0, 0.05) is 101 Å².